The fourth-order valence-corrected chi connectivity index (χ4v) is 6.04. The van der Waals surface area contributed by atoms with Crippen molar-refractivity contribution in [3.05, 3.63) is 70.9 Å². The summed E-state index contributed by atoms with van der Waals surface area (Å²) in [4.78, 5) is 20.7. The zero-order valence-corrected chi connectivity index (χ0v) is 20.0. The van der Waals surface area contributed by atoms with Crippen LogP contribution in [0.15, 0.2) is 36.5 Å². The first kappa shape index (κ1) is 23.0. The van der Waals surface area contributed by atoms with Crippen molar-refractivity contribution in [3.63, 3.8) is 0 Å². The van der Waals surface area contributed by atoms with Gasteiger partial charge in [-0.3, -0.25) is 9.78 Å². The van der Waals surface area contributed by atoms with Crippen LogP contribution in [0.2, 0.25) is 0 Å². The Hall–Kier alpha value is -3.42. The molecule has 2 aromatic carbocycles. The van der Waals surface area contributed by atoms with Gasteiger partial charge in [0.05, 0.1) is 16.6 Å². The van der Waals surface area contributed by atoms with E-state index >= 15 is 0 Å². The normalized spacial score (nSPS) is 21.2. The Bertz CT molecular complexity index is 1500. The molecule has 0 spiro atoms. The second-order valence-electron chi connectivity index (χ2n) is 10.3. The van der Waals surface area contributed by atoms with Crippen LogP contribution in [0.3, 0.4) is 0 Å². The van der Waals surface area contributed by atoms with Crippen molar-refractivity contribution in [2.75, 3.05) is 0 Å². The van der Waals surface area contributed by atoms with E-state index in [4.69, 9.17) is 5.73 Å². The molecule has 36 heavy (non-hydrogen) atoms. The van der Waals surface area contributed by atoms with E-state index in [1.807, 2.05) is 10.6 Å². The summed E-state index contributed by atoms with van der Waals surface area (Å²) in [6.45, 7) is 2.10. The molecule has 8 heteroatoms. The molecule has 2 saturated carbocycles. The number of aromatic nitrogens is 3. The van der Waals surface area contributed by atoms with Crippen molar-refractivity contribution in [3.8, 4) is 0 Å². The minimum atomic E-state index is -1.24. The molecular formula is C28H27F3N4O. The number of rotatable bonds is 5. The van der Waals surface area contributed by atoms with E-state index in [9.17, 15) is 18.0 Å². The molecule has 1 unspecified atom stereocenters. The van der Waals surface area contributed by atoms with Gasteiger partial charge in [-0.15, -0.1) is 0 Å². The number of carbonyl (C=O) groups is 1. The number of hydrogen-bond acceptors (Lipinski definition) is 3. The van der Waals surface area contributed by atoms with Crippen LogP contribution in [0, 0.1) is 23.4 Å². The van der Waals surface area contributed by atoms with Crippen molar-refractivity contribution in [2.24, 2.45) is 11.7 Å². The molecule has 2 aliphatic carbocycles. The molecular weight excluding hydrogens is 465 g/mol. The van der Waals surface area contributed by atoms with Gasteiger partial charge in [-0.25, -0.2) is 18.2 Å². The number of nitrogens with two attached hydrogens (primary N) is 1. The summed E-state index contributed by atoms with van der Waals surface area (Å²) < 4.78 is 45.3. The van der Waals surface area contributed by atoms with Crippen molar-refractivity contribution in [1.82, 2.24) is 14.5 Å². The predicted octanol–water partition coefficient (Wildman–Crippen LogP) is 6.51. The maximum Gasteiger partial charge on any atom is 0.251 e. The van der Waals surface area contributed by atoms with Gasteiger partial charge in [-0.05, 0) is 86.3 Å². The third kappa shape index (κ3) is 3.74. The average Bonchev–Trinajstić information content (AvgIpc) is 3.64. The molecule has 2 aliphatic rings. The molecule has 0 saturated heterocycles. The minimum absolute atomic E-state index is 0.0325. The zero-order valence-electron chi connectivity index (χ0n) is 20.0. The quantitative estimate of drug-likeness (QED) is 0.345. The maximum atomic E-state index is 14.9. The Morgan fingerprint density at radius 1 is 1.03 bits per heavy atom. The maximum absolute atomic E-state index is 14.9. The largest absolute Gasteiger partial charge is 0.366 e. The van der Waals surface area contributed by atoms with Crippen molar-refractivity contribution in [2.45, 2.75) is 63.3 Å². The van der Waals surface area contributed by atoms with Gasteiger partial charge in [0, 0.05) is 23.5 Å². The van der Waals surface area contributed by atoms with Gasteiger partial charge in [-0.1, -0.05) is 6.92 Å². The van der Waals surface area contributed by atoms with E-state index < -0.39 is 23.1 Å². The van der Waals surface area contributed by atoms with Crippen LogP contribution in [0.25, 0.3) is 21.9 Å². The van der Waals surface area contributed by atoms with Crippen molar-refractivity contribution < 1.29 is 18.0 Å². The van der Waals surface area contributed by atoms with Crippen LogP contribution < -0.4 is 5.73 Å². The van der Waals surface area contributed by atoms with Gasteiger partial charge in [0.15, 0.2) is 11.6 Å². The topological polar surface area (TPSA) is 73.8 Å². The summed E-state index contributed by atoms with van der Waals surface area (Å²) in [5.74, 6) is -2.20. The number of nitrogens with zero attached hydrogens (tertiary/aromatic N) is 3. The van der Waals surface area contributed by atoms with Crippen LogP contribution >= 0.6 is 0 Å². The average molecular weight is 493 g/mol. The molecule has 5 nitrogen and oxygen atoms in total. The van der Waals surface area contributed by atoms with E-state index in [0.29, 0.717) is 17.4 Å². The third-order valence-electron chi connectivity index (χ3n) is 8.13. The Morgan fingerprint density at radius 2 is 1.78 bits per heavy atom. The molecule has 2 fully saturated rings. The monoisotopic (exact) mass is 492 g/mol. The Balaban J connectivity index is 1.30. The third-order valence-corrected chi connectivity index (χ3v) is 8.13. The molecule has 1 atom stereocenters. The number of halogens is 3. The highest BCUT2D eigenvalue weighted by atomic mass is 19.2. The summed E-state index contributed by atoms with van der Waals surface area (Å²) in [5, 5.41) is 0.868. The fraction of sp³-hybridized carbons (Fsp3) is 0.393. The second kappa shape index (κ2) is 8.61. The van der Waals surface area contributed by atoms with Crippen LogP contribution in [-0.2, 0) is 0 Å². The number of benzene rings is 2. The molecule has 186 valence electrons. The SMILES string of the molecule is CC(c1nc2c(F)c(F)c(C(N)=O)cc2n1C1CC1)C1CCC(c2ccnc3ccc(F)cc23)CC1. The van der Waals surface area contributed by atoms with Gasteiger partial charge in [0.25, 0.3) is 5.91 Å². The van der Waals surface area contributed by atoms with E-state index in [-0.39, 0.29) is 23.3 Å². The second-order valence-corrected chi connectivity index (χ2v) is 10.3. The number of primary amides is 1. The molecule has 2 aromatic heterocycles. The summed E-state index contributed by atoms with van der Waals surface area (Å²) in [6.07, 6.45) is 7.45. The highest BCUT2D eigenvalue weighted by Gasteiger charge is 2.36. The van der Waals surface area contributed by atoms with E-state index in [1.165, 1.54) is 12.1 Å². The van der Waals surface area contributed by atoms with Crippen LogP contribution in [0.4, 0.5) is 13.2 Å². The first-order valence-electron chi connectivity index (χ1n) is 12.6. The fourth-order valence-electron chi connectivity index (χ4n) is 6.04. The molecule has 0 aliphatic heterocycles. The van der Waals surface area contributed by atoms with Crippen LogP contribution in [-0.4, -0.2) is 20.4 Å². The van der Waals surface area contributed by atoms with E-state index in [1.54, 1.807) is 18.3 Å². The highest BCUT2D eigenvalue weighted by Crippen LogP contribution is 2.46. The zero-order chi connectivity index (χ0) is 25.1. The molecule has 1 amide bonds. The van der Waals surface area contributed by atoms with Gasteiger partial charge in [0.2, 0.25) is 0 Å². The van der Waals surface area contributed by atoms with E-state index in [0.717, 1.165) is 60.8 Å². The van der Waals surface area contributed by atoms with E-state index in [2.05, 4.69) is 16.9 Å². The van der Waals surface area contributed by atoms with Gasteiger partial charge >= 0.3 is 0 Å². The number of pyridine rings is 1. The van der Waals surface area contributed by atoms with Crippen molar-refractivity contribution >= 4 is 27.8 Å². The molecule has 2 N–H and O–H groups in total. The number of fused-ring (bicyclic) bond motifs is 2. The molecule has 6 rings (SSSR count). The molecule has 0 radical (unpaired) electrons. The summed E-state index contributed by atoms with van der Waals surface area (Å²) in [7, 11) is 0. The number of carbonyl (C=O) groups excluding carboxylic acids is 1. The van der Waals surface area contributed by atoms with Crippen LogP contribution in [0.1, 0.15) is 85.1 Å². The lowest BCUT2D eigenvalue weighted by Crippen LogP contribution is -2.21. The summed E-state index contributed by atoms with van der Waals surface area (Å²) >= 11 is 0. The minimum Gasteiger partial charge on any atom is -0.366 e. The highest BCUT2D eigenvalue weighted by molar-refractivity contribution is 5.97. The van der Waals surface area contributed by atoms with Gasteiger partial charge < -0.3 is 10.3 Å². The smallest absolute Gasteiger partial charge is 0.251 e. The first-order valence-corrected chi connectivity index (χ1v) is 12.6. The van der Waals surface area contributed by atoms with Crippen LogP contribution in [0.5, 0.6) is 0 Å². The molecule has 0 bridgehead atoms. The molecule has 4 aromatic rings. The first-order chi connectivity index (χ1) is 17.3. The lowest BCUT2D eigenvalue weighted by Gasteiger charge is -2.33. The number of hydrogen-bond donors (Lipinski definition) is 1. The number of imidazole rings is 1. The number of amides is 1. The lowest BCUT2D eigenvalue weighted by atomic mass is 9.73. The van der Waals surface area contributed by atoms with Gasteiger partial charge in [0.1, 0.15) is 17.2 Å². The Morgan fingerprint density at radius 3 is 2.47 bits per heavy atom. The predicted molar refractivity (Wildman–Crippen MR) is 131 cm³/mol. The van der Waals surface area contributed by atoms with Crippen molar-refractivity contribution in [1.29, 1.82) is 0 Å². The Labute approximate surface area is 206 Å². The molecule has 2 heterocycles. The summed E-state index contributed by atoms with van der Waals surface area (Å²) in [5.41, 5.74) is 7.19. The van der Waals surface area contributed by atoms with Gasteiger partial charge in [-0.2, -0.15) is 0 Å². The lowest BCUT2D eigenvalue weighted by molar-refractivity contribution is 0.0995. The summed E-state index contributed by atoms with van der Waals surface area (Å²) in [6, 6.07) is 8.24. The standard InChI is InChI=1S/C28H27F3N4O/c1-14(15-2-4-16(5-3-15)19-10-11-33-22-9-6-17(29)12-20(19)22)28-34-26-23(35(28)18-7-8-18)13-21(27(32)36)24(30)25(26)31/h6,9-16,18H,2-5,7-8H2,1H3,(H2,32,36). The Kier molecular flexibility index (Phi) is 5.50.